The van der Waals surface area contributed by atoms with Gasteiger partial charge in [-0.25, -0.2) is 4.79 Å². The number of carbonyl (C=O) groups is 1. The number of ether oxygens (including phenoxy) is 2. The molecule has 29 heavy (non-hydrogen) atoms. The third-order valence-electron chi connectivity index (χ3n) is 4.76. The minimum atomic E-state index is -0.366. The average Bonchev–Trinajstić information content (AvgIpc) is 2.77. The molecule has 3 heteroatoms. The van der Waals surface area contributed by atoms with E-state index in [-0.39, 0.29) is 12.6 Å². The zero-order valence-corrected chi connectivity index (χ0v) is 17.1. The van der Waals surface area contributed by atoms with Gasteiger partial charge in [0.15, 0.2) is 0 Å². The first kappa shape index (κ1) is 20.4. The molecule has 3 aromatic rings. The van der Waals surface area contributed by atoms with Gasteiger partial charge < -0.3 is 9.47 Å². The number of rotatable bonds is 7. The molecule has 0 amide bonds. The molecule has 3 aromatic carbocycles. The van der Waals surface area contributed by atoms with Crippen LogP contribution in [0.1, 0.15) is 42.0 Å². The zero-order valence-electron chi connectivity index (χ0n) is 17.1. The number of esters is 1. The number of methoxy groups -OCH3 is 1. The highest BCUT2D eigenvalue weighted by atomic mass is 16.5. The summed E-state index contributed by atoms with van der Waals surface area (Å²) in [5.41, 5.74) is 4.35. The van der Waals surface area contributed by atoms with E-state index in [2.05, 4.69) is 26.0 Å². The molecule has 3 rings (SSSR count). The Morgan fingerprint density at radius 3 is 2.21 bits per heavy atom. The monoisotopic (exact) mass is 386 g/mol. The fourth-order valence-corrected chi connectivity index (χ4v) is 3.04. The van der Waals surface area contributed by atoms with Crippen molar-refractivity contribution < 1.29 is 14.3 Å². The fraction of sp³-hybridized carbons (Fsp3) is 0.192. The number of carbonyl (C=O) groups excluding carboxylic acids is 1. The van der Waals surface area contributed by atoms with Crippen LogP contribution in [0.4, 0.5) is 0 Å². The lowest BCUT2D eigenvalue weighted by molar-refractivity contribution is -0.137. The van der Waals surface area contributed by atoms with Gasteiger partial charge in [-0.15, -0.1) is 0 Å². The van der Waals surface area contributed by atoms with Crippen molar-refractivity contribution in [2.75, 3.05) is 7.11 Å². The highest BCUT2D eigenvalue weighted by Crippen LogP contribution is 2.26. The van der Waals surface area contributed by atoms with Crippen LogP contribution < -0.4 is 4.74 Å². The van der Waals surface area contributed by atoms with Gasteiger partial charge in [0.1, 0.15) is 12.4 Å². The molecular weight excluding hydrogens is 360 g/mol. The summed E-state index contributed by atoms with van der Waals surface area (Å²) < 4.78 is 11.1. The van der Waals surface area contributed by atoms with Gasteiger partial charge in [0.25, 0.3) is 0 Å². The Labute approximate surface area is 172 Å². The van der Waals surface area contributed by atoms with Gasteiger partial charge in [-0.3, -0.25) is 0 Å². The third kappa shape index (κ3) is 5.35. The number of benzene rings is 3. The Bertz CT molecular complexity index is 970. The Kier molecular flexibility index (Phi) is 6.85. The van der Waals surface area contributed by atoms with Crippen molar-refractivity contribution in [2.24, 2.45) is 0 Å². The van der Waals surface area contributed by atoms with Crippen molar-refractivity contribution in [1.29, 1.82) is 0 Å². The second kappa shape index (κ2) is 9.74. The molecule has 0 atom stereocenters. The molecular formula is C26H26O3. The largest absolute Gasteiger partial charge is 0.496 e. The number of hydrogen-bond acceptors (Lipinski definition) is 3. The van der Waals surface area contributed by atoms with Crippen molar-refractivity contribution in [2.45, 2.75) is 26.4 Å². The van der Waals surface area contributed by atoms with Gasteiger partial charge in [0.2, 0.25) is 0 Å². The summed E-state index contributed by atoms with van der Waals surface area (Å²) in [6.07, 6.45) is 1.82. The lowest BCUT2D eigenvalue weighted by atomic mass is 10.0. The maximum Gasteiger partial charge on any atom is 0.339 e. The second-order valence-electron chi connectivity index (χ2n) is 7.14. The normalized spacial score (nSPS) is 11.4. The number of para-hydroxylation sites is 1. The molecule has 0 spiro atoms. The Balaban J connectivity index is 1.84. The molecule has 0 saturated heterocycles. The standard InChI is InChI=1S/C26H26O3/c1-19(2)21-15-13-20(14-16-21)18-29-26(27)24(22-9-5-4-6-10-22)17-23-11-7-8-12-25(23)28-3/h4-17,19H,18H2,1-3H3/b24-17+. The highest BCUT2D eigenvalue weighted by molar-refractivity contribution is 6.21. The SMILES string of the molecule is COc1ccccc1/C=C(/C(=O)OCc1ccc(C(C)C)cc1)c1ccccc1. The molecule has 0 aromatic heterocycles. The van der Waals surface area contributed by atoms with Crippen molar-refractivity contribution in [1.82, 2.24) is 0 Å². The van der Waals surface area contributed by atoms with Crippen LogP contribution in [0.2, 0.25) is 0 Å². The summed E-state index contributed by atoms with van der Waals surface area (Å²) in [5.74, 6) is 0.813. The van der Waals surface area contributed by atoms with Gasteiger partial charge in [-0.05, 0) is 34.8 Å². The summed E-state index contributed by atoms with van der Waals surface area (Å²) >= 11 is 0. The highest BCUT2D eigenvalue weighted by Gasteiger charge is 2.15. The van der Waals surface area contributed by atoms with E-state index in [1.165, 1.54) is 5.56 Å². The van der Waals surface area contributed by atoms with E-state index in [1.54, 1.807) is 7.11 Å². The molecule has 0 radical (unpaired) electrons. The molecule has 0 heterocycles. The van der Waals surface area contributed by atoms with Crippen LogP contribution in [0.15, 0.2) is 78.9 Å². The molecule has 3 nitrogen and oxygen atoms in total. The van der Waals surface area contributed by atoms with Crippen LogP contribution in [0.25, 0.3) is 11.6 Å². The average molecular weight is 386 g/mol. The van der Waals surface area contributed by atoms with Crippen LogP contribution >= 0.6 is 0 Å². The first-order chi connectivity index (χ1) is 14.1. The maximum absolute atomic E-state index is 13.0. The van der Waals surface area contributed by atoms with Crippen LogP contribution in [0.5, 0.6) is 5.75 Å². The first-order valence-electron chi connectivity index (χ1n) is 9.74. The van der Waals surface area contributed by atoms with Crippen molar-refractivity contribution >= 4 is 17.6 Å². The molecule has 0 N–H and O–H groups in total. The smallest absolute Gasteiger partial charge is 0.339 e. The van der Waals surface area contributed by atoms with Gasteiger partial charge in [0, 0.05) is 5.56 Å². The van der Waals surface area contributed by atoms with Gasteiger partial charge >= 0.3 is 5.97 Å². The van der Waals surface area contributed by atoms with E-state index in [9.17, 15) is 4.79 Å². The van der Waals surface area contributed by atoms with E-state index < -0.39 is 0 Å². The van der Waals surface area contributed by atoms with Gasteiger partial charge in [-0.1, -0.05) is 86.6 Å². The Morgan fingerprint density at radius 2 is 1.55 bits per heavy atom. The van der Waals surface area contributed by atoms with Crippen LogP contribution in [-0.2, 0) is 16.1 Å². The van der Waals surface area contributed by atoms with Crippen molar-refractivity contribution in [3.8, 4) is 5.75 Å². The summed E-state index contributed by atoms with van der Waals surface area (Å²) in [5, 5.41) is 0. The molecule has 0 aliphatic carbocycles. The summed E-state index contributed by atoms with van der Waals surface area (Å²) in [6.45, 7) is 4.54. The third-order valence-corrected chi connectivity index (χ3v) is 4.76. The summed E-state index contributed by atoms with van der Waals surface area (Å²) in [4.78, 5) is 13.0. The number of hydrogen-bond donors (Lipinski definition) is 0. The fourth-order valence-electron chi connectivity index (χ4n) is 3.04. The Morgan fingerprint density at radius 1 is 0.897 bits per heavy atom. The molecule has 0 fully saturated rings. The quantitative estimate of drug-likeness (QED) is 0.279. The predicted molar refractivity (Wildman–Crippen MR) is 118 cm³/mol. The molecule has 0 aliphatic rings. The Hall–Kier alpha value is -3.33. The van der Waals surface area contributed by atoms with Crippen molar-refractivity contribution in [3.63, 3.8) is 0 Å². The first-order valence-corrected chi connectivity index (χ1v) is 9.74. The minimum Gasteiger partial charge on any atom is -0.496 e. The molecule has 0 saturated carbocycles. The molecule has 0 unspecified atom stereocenters. The van der Waals surface area contributed by atoms with E-state index >= 15 is 0 Å². The van der Waals surface area contributed by atoms with Crippen molar-refractivity contribution in [3.05, 3.63) is 101 Å². The minimum absolute atomic E-state index is 0.229. The van der Waals surface area contributed by atoms with Crippen LogP contribution in [0, 0.1) is 0 Å². The molecule has 0 bridgehead atoms. The molecule has 148 valence electrons. The maximum atomic E-state index is 13.0. The van der Waals surface area contributed by atoms with Gasteiger partial charge in [0.05, 0.1) is 12.7 Å². The van der Waals surface area contributed by atoms with E-state index in [0.29, 0.717) is 17.2 Å². The summed E-state index contributed by atoms with van der Waals surface area (Å²) in [7, 11) is 1.62. The topological polar surface area (TPSA) is 35.5 Å². The second-order valence-corrected chi connectivity index (χ2v) is 7.14. The summed E-state index contributed by atoms with van der Waals surface area (Å²) in [6, 6.07) is 25.3. The van der Waals surface area contributed by atoms with E-state index in [4.69, 9.17) is 9.47 Å². The van der Waals surface area contributed by atoms with Crippen LogP contribution in [0.3, 0.4) is 0 Å². The lowest BCUT2D eigenvalue weighted by Gasteiger charge is -2.11. The van der Waals surface area contributed by atoms with Crippen LogP contribution in [-0.4, -0.2) is 13.1 Å². The predicted octanol–water partition coefficient (Wildman–Crippen LogP) is 6.10. The lowest BCUT2D eigenvalue weighted by Crippen LogP contribution is -2.07. The van der Waals surface area contributed by atoms with E-state index in [1.807, 2.05) is 72.8 Å². The zero-order chi connectivity index (χ0) is 20.6. The molecule has 0 aliphatic heterocycles. The van der Waals surface area contributed by atoms with Gasteiger partial charge in [-0.2, -0.15) is 0 Å². The van der Waals surface area contributed by atoms with E-state index in [0.717, 1.165) is 16.7 Å².